The average Bonchev–Trinajstić information content (AvgIpc) is 2.82. The van der Waals surface area contributed by atoms with Crippen LogP contribution in [-0.2, 0) is 22.0 Å². The van der Waals surface area contributed by atoms with E-state index in [1.807, 2.05) is 31.2 Å². The van der Waals surface area contributed by atoms with Gasteiger partial charge in [0.1, 0.15) is 6.04 Å². The summed E-state index contributed by atoms with van der Waals surface area (Å²) in [5.41, 5.74) is 2.21. The van der Waals surface area contributed by atoms with Crippen molar-refractivity contribution < 1.29 is 9.00 Å². The molecule has 0 fully saturated rings. The normalized spacial score (nSPS) is 18.8. The Balaban J connectivity index is 1.81. The molecule has 0 aromatic heterocycles. The van der Waals surface area contributed by atoms with Crippen molar-refractivity contribution >= 4 is 22.4 Å². The summed E-state index contributed by atoms with van der Waals surface area (Å²) < 4.78 is 11.2. The SMILES string of the molecule is CCS(=O)CCNC(=O)C1Cc2ccccc2N1. The fraction of sp³-hybridized carbons (Fsp3) is 0.462. The summed E-state index contributed by atoms with van der Waals surface area (Å²) in [6, 6.07) is 7.75. The Hall–Kier alpha value is -1.36. The van der Waals surface area contributed by atoms with Crippen molar-refractivity contribution in [3.63, 3.8) is 0 Å². The largest absolute Gasteiger partial charge is 0.373 e. The van der Waals surface area contributed by atoms with Crippen molar-refractivity contribution in [3.05, 3.63) is 29.8 Å². The molecule has 0 saturated carbocycles. The van der Waals surface area contributed by atoms with Gasteiger partial charge < -0.3 is 10.6 Å². The Morgan fingerprint density at radius 3 is 3.00 bits per heavy atom. The summed E-state index contributed by atoms with van der Waals surface area (Å²) in [7, 11) is -0.820. The summed E-state index contributed by atoms with van der Waals surface area (Å²) in [6.45, 7) is 2.36. The molecule has 1 aromatic carbocycles. The predicted molar refractivity (Wildman–Crippen MR) is 74.1 cm³/mol. The zero-order chi connectivity index (χ0) is 13.0. The summed E-state index contributed by atoms with van der Waals surface area (Å²) in [5.74, 6) is 1.16. The van der Waals surface area contributed by atoms with E-state index in [0.29, 0.717) is 18.1 Å². The van der Waals surface area contributed by atoms with Crippen molar-refractivity contribution in [2.24, 2.45) is 0 Å². The molecule has 0 saturated heterocycles. The Labute approximate surface area is 110 Å². The van der Waals surface area contributed by atoms with Gasteiger partial charge in [0.15, 0.2) is 0 Å². The average molecular weight is 266 g/mol. The van der Waals surface area contributed by atoms with Crippen LogP contribution in [0.3, 0.4) is 0 Å². The predicted octanol–water partition coefficient (Wildman–Crippen LogP) is 0.908. The summed E-state index contributed by atoms with van der Waals surface area (Å²) in [6.07, 6.45) is 0.721. The maximum absolute atomic E-state index is 11.9. The number of hydrogen-bond acceptors (Lipinski definition) is 3. The van der Waals surface area contributed by atoms with Crippen LogP contribution < -0.4 is 10.6 Å². The number of nitrogens with one attached hydrogen (secondary N) is 2. The molecule has 98 valence electrons. The molecular formula is C13H18N2O2S. The topological polar surface area (TPSA) is 58.2 Å². The molecule has 2 unspecified atom stereocenters. The number of anilines is 1. The fourth-order valence-corrected chi connectivity index (χ4v) is 2.63. The highest BCUT2D eigenvalue weighted by Gasteiger charge is 2.25. The maximum atomic E-state index is 11.9. The second kappa shape index (κ2) is 6.00. The second-order valence-corrected chi connectivity index (χ2v) is 6.15. The van der Waals surface area contributed by atoms with Gasteiger partial charge in [-0.15, -0.1) is 0 Å². The van der Waals surface area contributed by atoms with Gasteiger partial charge in [-0.1, -0.05) is 25.1 Å². The number of rotatable bonds is 5. The standard InChI is InChI=1S/C13H18N2O2S/c1-2-18(17)8-7-14-13(16)12-9-10-5-3-4-6-11(10)15-12/h3-6,12,15H,2,7-9H2,1H3,(H,14,16). The molecule has 0 bridgehead atoms. The molecule has 0 spiro atoms. The minimum absolute atomic E-state index is 0.0145. The molecule has 0 aliphatic carbocycles. The molecule has 2 N–H and O–H groups in total. The van der Waals surface area contributed by atoms with Crippen molar-refractivity contribution in [1.82, 2.24) is 5.32 Å². The van der Waals surface area contributed by atoms with Crippen LogP contribution in [-0.4, -0.2) is 34.2 Å². The van der Waals surface area contributed by atoms with Gasteiger partial charge in [-0.05, 0) is 11.6 Å². The van der Waals surface area contributed by atoms with Crippen LogP contribution in [0.25, 0.3) is 0 Å². The van der Waals surface area contributed by atoms with Gasteiger partial charge in [0.25, 0.3) is 0 Å². The molecule has 1 aliphatic heterocycles. The molecule has 1 aromatic rings. The van der Waals surface area contributed by atoms with E-state index in [1.54, 1.807) is 0 Å². The Morgan fingerprint density at radius 1 is 1.50 bits per heavy atom. The van der Waals surface area contributed by atoms with Crippen LogP contribution in [0.1, 0.15) is 12.5 Å². The number of benzene rings is 1. The Kier molecular flexibility index (Phi) is 4.36. The first-order chi connectivity index (χ1) is 8.70. The van der Waals surface area contributed by atoms with Crippen LogP contribution in [0.2, 0.25) is 0 Å². The summed E-state index contributed by atoms with van der Waals surface area (Å²) >= 11 is 0. The highest BCUT2D eigenvalue weighted by atomic mass is 32.2. The lowest BCUT2D eigenvalue weighted by Gasteiger charge is -2.11. The molecule has 0 radical (unpaired) electrons. The van der Waals surface area contributed by atoms with E-state index in [-0.39, 0.29) is 11.9 Å². The number of para-hydroxylation sites is 1. The first kappa shape index (κ1) is 13.1. The van der Waals surface area contributed by atoms with Gasteiger partial charge in [0.2, 0.25) is 5.91 Å². The highest BCUT2D eigenvalue weighted by molar-refractivity contribution is 7.84. The third-order valence-corrected chi connectivity index (χ3v) is 4.34. The Bertz CT molecular complexity index is 437. The van der Waals surface area contributed by atoms with Gasteiger partial charge in [-0.3, -0.25) is 9.00 Å². The highest BCUT2D eigenvalue weighted by Crippen LogP contribution is 2.24. The molecule has 4 nitrogen and oxygen atoms in total. The van der Waals surface area contributed by atoms with Crippen LogP contribution in [0.5, 0.6) is 0 Å². The quantitative estimate of drug-likeness (QED) is 0.833. The van der Waals surface area contributed by atoms with Gasteiger partial charge in [0.05, 0.1) is 0 Å². The van der Waals surface area contributed by atoms with Crippen molar-refractivity contribution in [3.8, 4) is 0 Å². The van der Waals surface area contributed by atoms with Crippen molar-refractivity contribution in [2.45, 2.75) is 19.4 Å². The molecule has 1 heterocycles. The van der Waals surface area contributed by atoms with E-state index in [0.717, 1.165) is 12.1 Å². The number of hydrogen-bond donors (Lipinski definition) is 2. The van der Waals surface area contributed by atoms with E-state index < -0.39 is 10.8 Å². The van der Waals surface area contributed by atoms with Crippen molar-refractivity contribution in [1.29, 1.82) is 0 Å². The maximum Gasteiger partial charge on any atom is 0.242 e. The minimum atomic E-state index is -0.820. The zero-order valence-electron chi connectivity index (χ0n) is 10.4. The van der Waals surface area contributed by atoms with Crippen LogP contribution in [0.4, 0.5) is 5.69 Å². The fourth-order valence-electron chi connectivity index (χ4n) is 2.01. The first-order valence-corrected chi connectivity index (χ1v) is 7.66. The second-order valence-electron chi connectivity index (χ2n) is 4.28. The molecule has 1 aliphatic rings. The smallest absolute Gasteiger partial charge is 0.242 e. The van der Waals surface area contributed by atoms with Gasteiger partial charge in [0, 0.05) is 41.0 Å². The van der Waals surface area contributed by atoms with Crippen LogP contribution >= 0.6 is 0 Å². The minimum Gasteiger partial charge on any atom is -0.373 e. The molecular weight excluding hydrogens is 248 g/mol. The van der Waals surface area contributed by atoms with E-state index in [2.05, 4.69) is 10.6 Å². The van der Waals surface area contributed by atoms with E-state index in [1.165, 1.54) is 5.56 Å². The monoisotopic (exact) mass is 266 g/mol. The van der Waals surface area contributed by atoms with Gasteiger partial charge in [-0.2, -0.15) is 0 Å². The third-order valence-electron chi connectivity index (χ3n) is 3.04. The molecule has 2 atom stereocenters. The van der Waals surface area contributed by atoms with E-state index >= 15 is 0 Å². The molecule has 2 rings (SSSR count). The molecule has 18 heavy (non-hydrogen) atoms. The lowest BCUT2D eigenvalue weighted by molar-refractivity contribution is -0.121. The summed E-state index contributed by atoms with van der Waals surface area (Å²) in [5, 5.41) is 6.03. The number of carbonyl (C=O) groups excluding carboxylic acids is 1. The first-order valence-electron chi connectivity index (χ1n) is 6.18. The lowest BCUT2D eigenvalue weighted by atomic mass is 10.1. The Morgan fingerprint density at radius 2 is 2.28 bits per heavy atom. The zero-order valence-corrected chi connectivity index (χ0v) is 11.3. The van der Waals surface area contributed by atoms with E-state index in [4.69, 9.17) is 0 Å². The summed E-state index contributed by atoms with van der Waals surface area (Å²) in [4.78, 5) is 11.9. The number of fused-ring (bicyclic) bond motifs is 1. The van der Waals surface area contributed by atoms with Crippen LogP contribution in [0.15, 0.2) is 24.3 Å². The van der Waals surface area contributed by atoms with Crippen molar-refractivity contribution in [2.75, 3.05) is 23.4 Å². The van der Waals surface area contributed by atoms with E-state index in [9.17, 15) is 9.00 Å². The third kappa shape index (κ3) is 3.10. The van der Waals surface area contributed by atoms with Gasteiger partial charge in [-0.25, -0.2) is 0 Å². The van der Waals surface area contributed by atoms with Crippen LogP contribution in [0, 0.1) is 0 Å². The molecule has 1 amide bonds. The lowest BCUT2D eigenvalue weighted by Crippen LogP contribution is -2.40. The number of amides is 1. The van der Waals surface area contributed by atoms with Gasteiger partial charge >= 0.3 is 0 Å². The molecule has 5 heteroatoms. The number of carbonyl (C=O) groups is 1.